The number of aliphatic imine (C=N–C) groups is 1. The topological polar surface area (TPSA) is 74.9 Å². The normalized spacial score (nSPS) is 18.8. The molecule has 6 nitrogen and oxygen atoms in total. The molecule has 1 N–H and O–H groups in total. The molecular weight excluding hydrogens is 496 g/mol. The molecule has 0 unspecified atom stereocenters. The third-order valence-corrected chi connectivity index (χ3v) is 7.58. The number of sulfone groups is 1. The van der Waals surface area contributed by atoms with Crippen LogP contribution in [0.5, 0.6) is 0 Å². The van der Waals surface area contributed by atoms with Crippen molar-refractivity contribution in [1.82, 2.24) is 10.2 Å². The van der Waals surface area contributed by atoms with E-state index < -0.39 is 14.6 Å². The summed E-state index contributed by atoms with van der Waals surface area (Å²) in [4.78, 5) is 6.62. The van der Waals surface area contributed by atoms with Gasteiger partial charge < -0.3 is 14.6 Å². The smallest absolute Gasteiger partial charge is 0.194 e. The number of hydrogen-bond acceptors (Lipinski definition) is 4. The Balaban J connectivity index is 0.00000280. The summed E-state index contributed by atoms with van der Waals surface area (Å²) in [6.45, 7) is 9.11. The van der Waals surface area contributed by atoms with Crippen molar-refractivity contribution in [2.24, 2.45) is 4.99 Å². The Bertz CT molecular complexity index is 986. The fourth-order valence-electron chi connectivity index (χ4n) is 3.29. The van der Waals surface area contributed by atoms with Crippen LogP contribution in [-0.2, 0) is 16.4 Å². The van der Waals surface area contributed by atoms with Crippen LogP contribution in [0.2, 0.25) is 0 Å². The van der Waals surface area contributed by atoms with Crippen LogP contribution < -0.4 is 5.32 Å². The van der Waals surface area contributed by atoms with Gasteiger partial charge in [0.25, 0.3) is 0 Å². The Morgan fingerprint density at radius 1 is 1.39 bits per heavy atom. The van der Waals surface area contributed by atoms with Gasteiger partial charge in [0.1, 0.15) is 23.7 Å². The summed E-state index contributed by atoms with van der Waals surface area (Å²) in [7, 11) is -3.12. The molecule has 9 heteroatoms. The molecule has 0 saturated carbocycles. The second kappa shape index (κ2) is 8.56. The first-order valence-electron chi connectivity index (χ1n) is 9.08. The Labute approximate surface area is 182 Å². The molecule has 1 saturated heterocycles. The van der Waals surface area contributed by atoms with E-state index in [0.29, 0.717) is 43.5 Å². The number of aryl methyl sites for hydroxylation is 1. The summed E-state index contributed by atoms with van der Waals surface area (Å²) in [5, 5.41) is 3.98. The van der Waals surface area contributed by atoms with E-state index in [0.717, 1.165) is 10.9 Å². The van der Waals surface area contributed by atoms with E-state index in [1.165, 1.54) is 12.1 Å². The van der Waals surface area contributed by atoms with Crippen LogP contribution in [0.4, 0.5) is 4.39 Å². The molecule has 2 heterocycles. The highest BCUT2D eigenvalue weighted by Gasteiger charge is 2.41. The number of benzene rings is 1. The lowest BCUT2D eigenvalue weighted by Gasteiger charge is -2.39. The Hall–Kier alpha value is -1.36. The molecule has 2 aromatic rings. The van der Waals surface area contributed by atoms with Gasteiger partial charge in [-0.3, -0.25) is 0 Å². The van der Waals surface area contributed by atoms with Gasteiger partial charge in [0, 0.05) is 30.6 Å². The van der Waals surface area contributed by atoms with Gasteiger partial charge in [-0.05, 0) is 45.9 Å². The average molecular weight is 523 g/mol. The number of rotatable bonds is 3. The van der Waals surface area contributed by atoms with Crippen LogP contribution in [0.3, 0.4) is 0 Å². The SMILES string of the molecule is CCNC(=NCc1oc2ccc(F)cc2c1C)N1CCS(=O)(=O)C(C)(C)C1.I. The van der Waals surface area contributed by atoms with Crippen molar-refractivity contribution in [2.45, 2.75) is 39.0 Å². The fourth-order valence-corrected chi connectivity index (χ4v) is 4.66. The molecule has 1 aliphatic heterocycles. The quantitative estimate of drug-likeness (QED) is 0.379. The second-order valence-electron chi connectivity index (χ2n) is 7.46. The number of guanidine groups is 1. The van der Waals surface area contributed by atoms with Gasteiger partial charge >= 0.3 is 0 Å². The molecule has 3 rings (SSSR count). The minimum absolute atomic E-state index is 0. The van der Waals surface area contributed by atoms with Crippen LogP contribution in [0.25, 0.3) is 11.0 Å². The molecule has 0 spiro atoms. The molecule has 0 aliphatic carbocycles. The van der Waals surface area contributed by atoms with Crippen molar-refractivity contribution in [3.63, 3.8) is 0 Å². The van der Waals surface area contributed by atoms with Crippen molar-refractivity contribution in [2.75, 3.05) is 25.4 Å². The predicted molar refractivity (Wildman–Crippen MR) is 121 cm³/mol. The van der Waals surface area contributed by atoms with Gasteiger partial charge in [-0.2, -0.15) is 0 Å². The maximum Gasteiger partial charge on any atom is 0.194 e. The minimum Gasteiger partial charge on any atom is -0.459 e. The molecule has 1 aliphatic rings. The minimum atomic E-state index is -3.12. The maximum absolute atomic E-state index is 13.5. The van der Waals surface area contributed by atoms with Crippen LogP contribution in [0.1, 0.15) is 32.1 Å². The van der Waals surface area contributed by atoms with Crippen LogP contribution >= 0.6 is 24.0 Å². The summed E-state index contributed by atoms with van der Waals surface area (Å²) >= 11 is 0. The molecule has 28 heavy (non-hydrogen) atoms. The summed E-state index contributed by atoms with van der Waals surface area (Å²) < 4.78 is 43.0. The zero-order valence-electron chi connectivity index (χ0n) is 16.6. The highest BCUT2D eigenvalue weighted by Crippen LogP contribution is 2.27. The Morgan fingerprint density at radius 2 is 2.11 bits per heavy atom. The summed E-state index contributed by atoms with van der Waals surface area (Å²) in [6, 6.07) is 4.46. The van der Waals surface area contributed by atoms with Gasteiger partial charge in [-0.25, -0.2) is 17.8 Å². The van der Waals surface area contributed by atoms with Gasteiger partial charge in [0.05, 0.1) is 10.5 Å². The maximum atomic E-state index is 13.5. The fraction of sp³-hybridized carbons (Fsp3) is 0.526. The van der Waals surface area contributed by atoms with Crippen LogP contribution in [0, 0.1) is 12.7 Å². The number of nitrogens with one attached hydrogen (secondary N) is 1. The number of furan rings is 1. The summed E-state index contributed by atoms with van der Waals surface area (Å²) in [5.41, 5.74) is 1.50. The van der Waals surface area contributed by atoms with E-state index in [-0.39, 0.29) is 35.5 Å². The highest BCUT2D eigenvalue weighted by molar-refractivity contribution is 14.0. The van der Waals surface area contributed by atoms with Crippen molar-refractivity contribution < 1.29 is 17.2 Å². The van der Waals surface area contributed by atoms with E-state index >= 15 is 0 Å². The van der Waals surface area contributed by atoms with Crippen molar-refractivity contribution in [3.8, 4) is 0 Å². The summed E-state index contributed by atoms with van der Waals surface area (Å²) in [5.74, 6) is 1.14. The average Bonchev–Trinajstić information content (AvgIpc) is 2.90. The molecule has 1 fully saturated rings. The van der Waals surface area contributed by atoms with Gasteiger partial charge in [-0.1, -0.05) is 0 Å². The first kappa shape index (κ1) is 22.9. The van der Waals surface area contributed by atoms with Crippen molar-refractivity contribution in [1.29, 1.82) is 0 Å². The van der Waals surface area contributed by atoms with Crippen molar-refractivity contribution in [3.05, 3.63) is 35.3 Å². The van der Waals surface area contributed by atoms with Gasteiger partial charge in [0.15, 0.2) is 15.8 Å². The third kappa shape index (κ3) is 4.45. The highest BCUT2D eigenvalue weighted by atomic mass is 127. The van der Waals surface area contributed by atoms with Crippen LogP contribution in [-0.4, -0.2) is 49.4 Å². The molecule has 0 radical (unpaired) electrons. The molecule has 0 atom stereocenters. The predicted octanol–water partition coefficient (Wildman–Crippen LogP) is 3.47. The first-order chi connectivity index (χ1) is 12.6. The molecule has 156 valence electrons. The lowest BCUT2D eigenvalue weighted by molar-refractivity contribution is 0.352. The molecule has 0 bridgehead atoms. The van der Waals surface area contributed by atoms with E-state index in [9.17, 15) is 12.8 Å². The number of halogens is 2. The Morgan fingerprint density at radius 3 is 2.75 bits per heavy atom. The van der Waals surface area contributed by atoms with Crippen LogP contribution in [0.15, 0.2) is 27.6 Å². The molecule has 0 amide bonds. The second-order valence-corrected chi connectivity index (χ2v) is 10.2. The third-order valence-electron chi connectivity index (χ3n) is 5.05. The number of fused-ring (bicyclic) bond motifs is 1. The van der Waals surface area contributed by atoms with E-state index in [4.69, 9.17) is 4.42 Å². The first-order valence-corrected chi connectivity index (χ1v) is 10.7. The lowest BCUT2D eigenvalue weighted by atomic mass is 10.1. The van der Waals surface area contributed by atoms with E-state index in [1.54, 1.807) is 19.9 Å². The zero-order valence-corrected chi connectivity index (χ0v) is 19.7. The zero-order chi connectivity index (χ0) is 19.8. The Kier molecular flexibility index (Phi) is 7.01. The molecular formula is C19H27FIN3O3S. The molecule has 1 aromatic heterocycles. The van der Waals surface area contributed by atoms with Gasteiger partial charge in [-0.15, -0.1) is 24.0 Å². The lowest BCUT2D eigenvalue weighted by Crippen LogP contribution is -2.57. The summed E-state index contributed by atoms with van der Waals surface area (Å²) in [6.07, 6.45) is 0. The van der Waals surface area contributed by atoms with E-state index in [1.807, 2.05) is 18.7 Å². The number of hydrogen-bond donors (Lipinski definition) is 1. The number of nitrogens with zero attached hydrogens (tertiary/aromatic N) is 2. The largest absolute Gasteiger partial charge is 0.459 e. The van der Waals surface area contributed by atoms with E-state index in [2.05, 4.69) is 10.3 Å². The van der Waals surface area contributed by atoms with Crippen molar-refractivity contribution >= 4 is 50.7 Å². The monoisotopic (exact) mass is 523 g/mol. The molecule has 1 aromatic carbocycles. The van der Waals surface area contributed by atoms with Gasteiger partial charge in [0.2, 0.25) is 0 Å². The standard InChI is InChI=1S/C19H26FN3O3S.HI/c1-5-21-18(23-8-9-27(24,25)19(3,4)12-23)22-11-17-13(2)15-10-14(20)6-7-16(15)26-17;/h6-7,10H,5,8-9,11-12H2,1-4H3,(H,21,22);1H.